The number of rotatable bonds is 2. The van der Waals surface area contributed by atoms with Crippen LogP contribution < -0.4 is 10.2 Å². The average molecular weight is 374 g/mol. The standard InChI is InChI=1S/C17H19F5N4/c1-11-5-8-23-15(24-11)14-12(3-4-13(25-14)17(20,21)22)26-9-2-6-16(18,19)7-10-26/h3-5,8,15,24H,2,6-7,9-10H2,1H3. The monoisotopic (exact) mass is 374 g/mol. The number of pyridine rings is 1. The Morgan fingerprint density at radius 1 is 1.19 bits per heavy atom. The van der Waals surface area contributed by atoms with Crippen LogP contribution in [-0.4, -0.2) is 30.2 Å². The Morgan fingerprint density at radius 2 is 1.96 bits per heavy atom. The van der Waals surface area contributed by atoms with Crippen LogP contribution in [0.25, 0.3) is 0 Å². The summed E-state index contributed by atoms with van der Waals surface area (Å²) in [7, 11) is 0. The Morgan fingerprint density at radius 3 is 2.65 bits per heavy atom. The van der Waals surface area contributed by atoms with Crippen LogP contribution in [0.3, 0.4) is 0 Å². The third-order valence-electron chi connectivity index (χ3n) is 4.43. The molecule has 1 aromatic rings. The highest BCUT2D eigenvalue weighted by molar-refractivity contribution is 5.73. The Labute approximate surface area is 147 Å². The molecule has 2 aliphatic heterocycles. The summed E-state index contributed by atoms with van der Waals surface area (Å²) < 4.78 is 66.6. The number of hydrogen-bond donors (Lipinski definition) is 1. The average Bonchev–Trinajstić information content (AvgIpc) is 2.74. The van der Waals surface area contributed by atoms with E-state index < -0.39 is 24.0 Å². The van der Waals surface area contributed by atoms with E-state index in [0.717, 1.165) is 11.8 Å². The van der Waals surface area contributed by atoms with Gasteiger partial charge in [-0.1, -0.05) is 0 Å². The predicted octanol–water partition coefficient (Wildman–Crippen LogP) is 4.30. The number of aliphatic imine (C=N–C) groups is 1. The van der Waals surface area contributed by atoms with Gasteiger partial charge in [0.05, 0.1) is 5.69 Å². The van der Waals surface area contributed by atoms with E-state index in [0.29, 0.717) is 12.2 Å². The molecule has 0 aliphatic carbocycles. The summed E-state index contributed by atoms with van der Waals surface area (Å²) in [6, 6.07) is 2.19. The van der Waals surface area contributed by atoms with Crippen molar-refractivity contribution in [1.82, 2.24) is 10.3 Å². The van der Waals surface area contributed by atoms with Gasteiger partial charge in [0.15, 0.2) is 6.17 Å². The molecule has 0 saturated carbocycles. The van der Waals surface area contributed by atoms with Gasteiger partial charge in [-0.25, -0.2) is 13.8 Å². The number of aromatic nitrogens is 1. The lowest BCUT2D eigenvalue weighted by Crippen LogP contribution is -2.30. The molecule has 26 heavy (non-hydrogen) atoms. The number of allylic oxidation sites excluding steroid dienone is 2. The van der Waals surface area contributed by atoms with Crippen molar-refractivity contribution in [3.05, 3.63) is 35.3 Å². The van der Waals surface area contributed by atoms with E-state index in [2.05, 4.69) is 15.3 Å². The van der Waals surface area contributed by atoms with Crippen LogP contribution in [0.2, 0.25) is 0 Å². The number of halogens is 5. The maximum absolute atomic E-state index is 13.6. The van der Waals surface area contributed by atoms with Crippen molar-refractivity contribution >= 4 is 11.9 Å². The van der Waals surface area contributed by atoms with Crippen LogP contribution in [0.1, 0.15) is 43.7 Å². The molecule has 3 heterocycles. The number of hydrogen-bond acceptors (Lipinski definition) is 4. The van der Waals surface area contributed by atoms with Crippen molar-refractivity contribution in [3.63, 3.8) is 0 Å². The highest BCUT2D eigenvalue weighted by Crippen LogP contribution is 2.36. The minimum atomic E-state index is -4.59. The van der Waals surface area contributed by atoms with Crippen molar-refractivity contribution in [1.29, 1.82) is 0 Å². The number of alkyl halides is 5. The molecule has 1 unspecified atom stereocenters. The molecule has 1 saturated heterocycles. The molecule has 3 rings (SSSR count). The number of anilines is 1. The van der Waals surface area contributed by atoms with Crippen LogP contribution in [0.15, 0.2) is 28.9 Å². The first-order chi connectivity index (χ1) is 12.2. The molecular formula is C17H19F5N4. The predicted molar refractivity (Wildman–Crippen MR) is 88.4 cm³/mol. The van der Waals surface area contributed by atoms with Gasteiger partial charge in [-0.2, -0.15) is 13.2 Å². The van der Waals surface area contributed by atoms with Gasteiger partial charge in [-0.3, -0.25) is 4.99 Å². The minimum absolute atomic E-state index is 0.0539. The van der Waals surface area contributed by atoms with Crippen LogP contribution in [0.4, 0.5) is 27.6 Å². The molecule has 2 aliphatic rings. The van der Waals surface area contributed by atoms with Gasteiger partial charge in [-0.05, 0) is 31.6 Å². The third kappa shape index (κ3) is 4.13. The maximum atomic E-state index is 13.6. The van der Waals surface area contributed by atoms with Crippen LogP contribution in [-0.2, 0) is 6.18 Å². The SMILES string of the molecule is CC1=CC=NC(c2nc(C(F)(F)F)ccc2N2CCCC(F)(F)CC2)N1. The van der Waals surface area contributed by atoms with Gasteiger partial charge in [0.25, 0.3) is 0 Å². The zero-order chi connectivity index (χ0) is 18.9. The molecule has 1 N–H and O–H groups in total. The summed E-state index contributed by atoms with van der Waals surface area (Å²) in [4.78, 5) is 9.63. The first kappa shape index (κ1) is 18.6. The van der Waals surface area contributed by atoms with Crippen molar-refractivity contribution in [3.8, 4) is 0 Å². The molecule has 142 valence electrons. The summed E-state index contributed by atoms with van der Waals surface area (Å²) in [5, 5.41) is 2.98. The fraction of sp³-hybridized carbons (Fsp3) is 0.529. The zero-order valence-electron chi connectivity index (χ0n) is 14.2. The largest absolute Gasteiger partial charge is 0.433 e. The fourth-order valence-electron chi connectivity index (χ4n) is 3.08. The highest BCUT2D eigenvalue weighted by atomic mass is 19.4. The molecule has 1 fully saturated rings. The summed E-state index contributed by atoms with van der Waals surface area (Å²) in [6.45, 7) is 2.15. The molecule has 0 radical (unpaired) electrons. The number of nitrogens with one attached hydrogen (secondary N) is 1. The maximum Gasteiger partial charge on any atom is 0.433 e. The molecule has 0 aromatic carbocycles. The van der Waals surface area contributed by atoms with E-state index >= 15 is 0 Å². The second kappa shape index (κ2) is 6.85. The van der Waals surface area contributed by atoms with Crippen molar-refractivity contribution in [2.75, 3.05) is 18.0 Å². The third-order valence-corrected chi connectivity index (χ3v) is 4.43. The first-order valence-electron chi connectivity index (χ1n) is 8.33. The van der Waals surface area contributed by atoms with Gasteiger partial charge in [0.1, 0.15) is 11.4 Å². The van der Waals surface area contributed by atoms with Crippen molar-refractivity contribution in [2.24, 2.45) is 4.99 Å². The molecule has 0 amide bonds. The van der Waals surface area contributed by atoms with Gasteiger partial charge in [0.2, 0.25) is 5.92 Å². The Bertz CT molecular complexity index is 726. The lowest BCUT2D eigenvalue weighted by molar-refractivity contribution is -0.141. The smallest absolute Gasteiger partial charge is 0.370 e. The van der Waals surface area contributed by atoms with Crippen LogP contribution in [0.5, 0.6) is 0 Å². The number of nitrogens with zero attached hydrogens (tertiary/aromatic N) is 3. The quantitative estimate of drug-likeness (QED) is 0.785. The Hall–Kier alpha value is -2.19. The summed E-state index contributed by atoms with van der Waals surface area (Å²) in [5.41, 5.74) is 0.201. The molecule has 1 aromatic heterocycles. The molecule has 0 spiro atoms. The topological polar surface area (TPSA) is 40.5 Å². The van der Waals surface area contributed by atoms with E-state index in [4.69, 9.17) is 0 Å². The fourth-order valence-corrected chi connectivity index (χ4v) is 3.08. The lowest BCUT2D eigenvalue weighted by atomic mass is 10.1. The summed E-state index contributed by atoms with van der Waals surface area (Å²) in [5.74, 6) is -2.76. The molecule has 0 bridgehead atoms. The molecule has 4 nitrogen and oxygen atoms in total. The molecule has 1 atom stereocenters. The van der Waals surface area contributed by atoms with E-state index in [1.807, 2.05) is 0 Å². The minimum Gasteiger partial charge on any atom is -0.370 e. The molecule has 9 heteroatoms. The second-order valence-corrected chi connectivity index (χ2v) is 6.49. The van der Waals surface area contributed by atoms with Gasteiger partial charge >= 0.3 is 6.18 Å². The Kier molecular flexibility index (Phi) is 4.90. The molecular weight excluding hydrogens is 355 g/mol. The van der Waals surface area contributed by atoms with E-state index in [-0.39, 0.29) is 31.5 Å². The Balaban J connectivity index is 1.98. The summed E-state index contributed by atoms with van der Waals surface area (Å²) >= 11 is 0. The normalized spacial score (nSPS) is 23.2. The van der Waals surface area contributed by atoms with Gasteiger partial charge in [-0.15, -0.1) is 0 Å². The van der Waals surface area contributed by atoms with Gasteiger partial charge in [0, 0.05) is 37.8 Å². The van der Waals surface area contributed by atoms with Crippen molar-refractivity contribution in [2.45, 2.75) is 44.5 Å². The van der Waals surface area contributed by atoms with E-state index in [9.17, 15) is 22.0 Å². The lowest BCUT2D eigenvalue weighted by Gasteiger charge is -2.29. The second-order valence-electron chi connectivity index (χ2n) is 6.49. The highest BCUT2D eigenvalue weighted by Gasteiger charge is 2.36. The zero-order valence-corrected chi connectivity index (χ0v) is 14.2. The van der Waals surface area contributed by atoms with Crippen LogP contribution in [0, 0.1) is 0 Å². The van der Waals surface area contributed by atoms with E-state index in [1.54, 1.807) is 17.9 Å². The van der Waals surface area contributed by atoms with E-state index in [1.165, 1.54) is 12.3 Å². The first-order valence-corrected chi connectivity index (χ1v) is 8.33. The summed E-state index contributed by atoms with van der Waals surface area (Å²) in [6.07, 6.45) is -2.51. The van der Waals surface area contributed by atoms with Crippen molar-refractivity contribution < 1.29 is 22.0 Å². The van der Waals surface area contributed by atoms with Gasteiger partial charge < -0.3 is 10.2 Å². The van der Waals surface area contributed by atoms with Crippen LogP contribution >= 0.6 is 0 Å².